The Morgan fingerprint density at radius 2 is 1.77 bits per heavy atom. The Hall–Kier alpha value is -3.02. The molecule has 0 saturated carbocycles. The molecule has 0 fully saturated rings. The van der Waals surface area contributed by atoms with Crippen molar-refractivity contribution in [2.24, 2.45) is 0 Å². The Morgan fingerprint density at radius 1 is 1.08 bits per heavy atom. The van der Waals surface area contributed by atoms with Gasteiger partial charge in [-0.25, -0.2) is 4.79 Å². The third kappa shape index (κ3) is 4.75. The first-order valence-electron chi connectivity index (χ1n) is 8.38. The molecular weight excluding hydrogens is 330 g/mol. The Bertz CT molecular complexity index is 773. The molecule has 3 N–H and O–H groups in total. The van der Waals surface area contributed by atoms with Crippen LogP contribution in [0.3, 0.4) is 0 Å². The lowest BCUT2D eigenvalue weighted by Crippen LogP contribution is -2.39. The van der Waals surface area contributed by atoms with Crippen LogP contribution in [0.5, 0.6) is 5.75 Å². The van der Waals surface area contributed by atoms with Crippen LogP contribution in [0.1, 0.15) is 29.8 Å². The molecule has 138 valence electrons. The molecule has 6 heteroatoms. The van der Waals surface area contributed by atoms with Gasteiger partial charge in [0.2, 0.25) is 0 Å². The first-order chi connectivity index (χ1) is 12.4. The van der Waals surface area contributed by atoms with Crippen LogP contribution in [0.25, 0.3) is 0 Å². The minimum absolute atomic E-state index is 0.216. The van der Waals surface area contributed by atoms with E-state index in [4.69, 9.17) is 4.74 Å². The predicted octanol–water partition coefficient (Wildman–Crippen LogP) is 3.15. The Kier molecular flexibility index (Phi) is 6.22. The molecule has 0 atom stereocenters. The van der Waals surface area contributed by atoms with E-state index in [-0.39, 0.29) is 17.4 Å². The molecule has 26 heavy (non-hydrogen) atoms. The van der Waals surface area contributed by atoms with Gasteiger partial charge in [0.05, 0.1) is 12.8 Å². The molecule has 2 aromatic rings. The molecular formula is C20H25N3O3. The van der Waals surface area contributed by atoms with Gasteiger partial charge >= 0.3 is 6.03 Å². The highest BCUT2D eigenvalue weighted by Gasteiger charge is 2.21. The molecule has 0 aromatic heterocycles. The van der Waals surface area contributed by atoms with Gasteiger partial charge in [0.15, 0.2) is 0 Å². The molecule has 0 aliphatic carbocycles. The van der Waals surface area contributed by atoms with E-state index in [1.807, 2.05) is 30.3 Å². The molecule has 0 radical (unpaired) electrons. The Labute approximate surface area is 153 Å². The summed E-state index contributed by atoms with van der Waals surface area (Å²) in [5.74, 6) is 0.247. The number of urea groups is 1. The summed E-state index contributed by atoms with van der Waals surface area (Å²) in [5.41, 5.74) is 1.79. The van der Waals surface area contributed by atoms with Crippen molar-refractivity contribution < 1.29 is 14.3 Å². The van der Waals surface area contributed by atoms with Gasteiger partial charge in [0, 0.05) is 24.6 Å². The molecule has 3 amide bonds. The van der Waals surface area contributed by atoms with Gasteiger partial charge in [-0.15, -0.1) is 0 Å². The van der Waals surface area contributed by atoms with Gasteiger partial charge in [0.1, 0.15) is 5.75 Å². The number of hydrogen-bond acceptors (Lipinski definition) is 3. The summed E-state index contributed by atoms with van der Waals surface area (Å²) in [6, 6.07) is 14.5. The first kappa shape index (κ1) is 19.3. The number of ether oxygens (including phenoxy) is 1. The van der Waals surface area contributed by atoms with Crippen molar-refractivity contribution in [1.29, 1.82) is 0 Å². The van der Waals surface area contributed by atoms with Crippen LogP contribution in [-0.4, -0.2) is 32.6 Å². The van der Waals surface area contributed by atoms with Gasteiger partial charge in [-0.2, -0.15) is 0 Å². The van der Waals surface area contributed by atoms with Crippen molar-refractivity contribution >= 4 is 17.6 Å². The molecule has 0 heterocycles. The minimum atomic E-state index is -0.360. The van der Waals surface area contributed by atoms with E-state index in [0.29, 0.717) is 23.5 Å². The standard InChI is InChI=1S/C20H25N3O3/c1-20(2,15-8-6-5-7-9-15)13-22-19(25)23-16-12-14(18(24)21-3)10-11-17(16)26-4/h5-12H,13H2,1-4H3,(H,21,24)(H2,22,23,25). The van der Waals surface area contributed by atoms with Gasteiger partial charge in [0.25, 0.3) is 5.91 Å². The number of carbonyl (C=O) groups is 2. The highest BCUT2D eigenvalue weighted by molar-refractivity contribution is 5.97. The van der Waals surface area contributed by atoms with Crippen molar-refractivity contribution in [2.45, 2.75) is 19.3 Å². The molecule has 0 saturated heterocycles. The number of anilines is 1. The molecule has 0 aliphatic heterocycles. The van der Waals surface area contributed by atoms with Crippen LogP contribution in [0, 0.1) is 0 Å². The molecule has 2 rings (SSSR count). The normalized spacial score (nSPS) is 10.8. The average molecular weight is 355 g/mol. The summed E-state index contributed by atoms with van der Waals surface area (Å²) in [4.78, 5) is 24.1. The van der Waals surface area contributed by atoms with E-state index in [1.165, 1.54) is 7.11 Å². The summed E-state index contributed by atoms with van der Waals surface area (Å²) in [7, 11) is 3.06. The van der Waals surface area contributed by atoms with Gasteiger partial charge in [-0.1, -0.05) is 44.2 Å². The SMILES string of the molecule is CNC(=O)c1ccc(OC)c(NC(=O)NCC(C)(C)c2ccccc2)c1. The number of amides is 3. The lowest BCUT2D eigenvalue weighted by atomic mass is 9.85. The molecule has 0 spiro atoms. The van der Waals surface area contributed by atoms with E-state index < -0.39 is 0 Å². The summed E-state index contributed by atoms with van der Waals surface area (Å²) >= 11 is 0. The van der Waals surface area contributed by atoms with Gasteiger partial charge in [-0.05, 0) is 23.8 Å². The zero-order valence-electron chi connectivity index (χ0n) is 15.6. The van der Waals surface area contributed by atoms with Crippen LogP contribution in [0.15, 0.2) is 48.5 Å². The first-order valence-corrected chi connectivity index (χ1v) is 8.38. The lowest BCUT2D eigenvalue weighted by Gasteiger charge is -2.25. The highest BCUT2D eigenvalue weighted by atomic mass is 16.5. The van der Waals surface area contributed by atoms with Crippen molar-refractivity contribution in [3.8, 4) is 5.75 Å². The van der Waals surface area contributed by atoms with Gasteiger partial charge < -0.3 is 20.7 Å². The maximum atomic E-state index is 12.3. The second kappa shape index (κ2) is 8.38. The minimum Gasteiger partial charge on any atom is -0.495 e. The van der Waals surface area contributed by atoms with Crippen molar-refractivity contribution in [3.05, 3.63) is 59.7 Å². The van der Waals surface area contributed by atoms with E-state index in [9.17, 15) is 9.59 Å². The van der Waals surface area contributed by atoms with Gasteiger partial charge in [-0.3, -0.25) is 4.79 Å². The van der Waals surface area contributed by atoms with Crippen LogP contribution in [-0.2, 0) is 5.41 Å². The largest absolute Gasteiger partial charge is 0.495 e. The summed E-state index contributed by atoms with van der Waals surface area (Å²) in [6.07, 6.45) is 0. The fourth-order valence-electron chi connectivity index (χ4n) is 2.55. The zero-order chi connectivity index (χ0) is 19.2. The fraction of sp³-hybridized carbons (Fsp3) is 0.300. The molecule has 0 aliphatic rings. The quantitative estimate of drug-likeness (QED) is 0.745. The van der Waals surface area contributed by atoms with Crippen molar-refractivity contribution in [3.63, 3.8) is 0 Å². The Morgan fingerprint density at radius 3 is 2.38 bits per heavy atom. The maximum absolute atomic E-state index is 12.3. The third-order valence-corrected chi connectivity index (χ3v) is 4.18. The monoisotopic (exact) mass is 355 g/mol. The lowest BCUT2D eigenvalue weighted by molar-refractivity contribution is 0.0963. The number of rotatable bonds is 6. The number of hydrogen-bond donors (Lipinski definition) is 3. The second-order valence-corrected chi connectivity index (χ2v) is 6.55. The summed E-state index contributed by atoms with van der Waals surface area (Å²) in [5, 5.41) is 8.18. The molecule has 2 aromatic carbocycles. The molecule has 0 bridgehead atoms. The Balaban J connectivity index is 2.06. The van der Waals surface area contributed by atoms with Crippen LogP contribution < -0.4 is 20.7 Å². The van der Waals surface area contributed by atoms with Crippen LogP contribution >= 0.6 is 0 Å². The predicted molar refractivity (Wildman–Crippen MR) is 103 cm³/mol. The van der Waals surface area contributed by atoms with E-state index in [0.717, 1.165) is 5.56 Å². The highest BCUT2D eigenvalue weighted by Crippen LogP contribution is 2.26. The number of methoxy groups -OCH3 is 1. The van der Waals surface area contributed by atoms with Crippen LogP contribution in [0.2, 0.25) is 0 Å². The number of nitrogens with one attached hydrogen (secondary N) is 3. The maximum Gasteiger partial charge on any atom is 0.319 e. The number of benzene rings is 2. The van der Waals surface area contributed by atoms with Crippen molar-refractivity contribution in [2.75, 3.05) is 26.0 Å². The fourth-order valence-corrected chi connectivity index (χ4v) is 2.55. The van der Waals surface area contributed by atoms with Crippen molar-refractivity contribution in [1.82, 2.24) is 10.6 Å². The van der Waals surface area contributed by atoms with E-state index >= 15 is 0 Å². The zero-order valence-corrected chi connectivity index (χ0v) is 15.6. The summed E-state index contributed by atoms with van der Waals surface area (Å²) in [6.45, 7) is 4.59. The topological polar surface area (TPSA) is 79.5 Å². The van der Waals surface area contributed by atoms with E-state index in [2.05, 4.69) is 29.8 Å². The smallest absolute Gasteiger partial charge is 0.319 e. The second-order valence-electron chi connectivity index (χ2n) is 6.55. The third-order valence-electron chi connectivity index (χ3n) is 4.18. The van der Waals surface area contributed by atoms with Crippen LogP contribution in [0.4, 0.5) is 10.5 Å². The average Bonchev–Trinajstić information content (AvgIpc) is 2.66. The molecule has 6 nitrogen and oxygen atoms in total. The van der Waals surface area contributed by atoms with E-state index in [1.54, 1.807) is 25.2 Å². The molecule has 0 unspecified atom stereocenters. The number of carbonyl (C=O) groups excluding carboxylic acids is 2. The summed E-state index contributed by atoms with van der Waals surface area (Å²) < 4.78 is 5.26.